The molecule has 0 aromatic rings. The Morgan fingerprint density at radius 2 is 1.90 bits per heavy atom. The summed E-state index contributed by atoms with van der Waals surface area (Å²) in [6.45, 7) is 6.81. The highest BCUT2D eigenvalue weighted by Gasteiger charge is 2.02. The van der Waals surface area contributed by atoms with Gasteiger partial charge in [-0.15, -0.1) is 0 Å². The second-order valence-corrected chi connectivity index (χ2v) is 4.21. The molecule has 0 saturated heterocycles. The van der Waals surface area contributed by atoms with E-state index in [0.717, 1.165) is 5.25 Å². The molecule has 0 bridgehead atoms. The maximum atomic E-state index is 2.29. The highest BCUT2D eigenvalue weighted by Crippen LogP contribution is 2.19. The first-order chi connectivity index (χ1) is 4.85. The Balaban J connectivity index is 3.21. The van der Waals surface area contributed by atoms with Crippen molar-refractivity contribution >= 4 is 11.8 Å². The molecule has 0 aromatic carbocycles. The first-order valence-electron chi connectivity index (χ1n) is 4.46. The number of thioether (sulfide) groups is 1. The van der Waals surface area contributed by atoms with Crippen molar-refractivity contribution in [2.75, 3.05) is 5.75 Å². The fourth-order valence-corrected chi connectivity index (χ4v) is 2.11. The van der Waals surface area contributed by atoms with Gasteiger partial charge in [0, 0.05) is 5.25 Å². The van der Waals surface area contributed by atoms with E-state index in [4.69, 9.17) is 0 Å². The molecule has 0 amide bonds. The number of rotatable bonds is 6. The molecule has 1 heteroatoms. The van der Waals surface area contributed by atoms with E-state index in [1.165, 1.54) is 31.4 Å². The van der Waals surface area contributed by atoms with Gasteiger partial charge < -0.3 is 0 Å². The lowest BCUT2D eigenvalue weighted by atomic mass is 10.2. The molecule has 0 aromatic heterocycles. The van der Waals surface area contributed by atoms with E-state index in [-0.39, 0.29) is 0 Å². The lowest BCUT2D eigenvalue weighted by molar-refractivity contribution is 0.670. The molecule has 0 aliphatic carbocycles. The van der Waals surface area contributed by atoms with Gasteiger partial charge in [-0.1, -0.05) is 33.6 Å². The topological polar surface area (TPSA) is 0 Å². The fraction of sp³-hybridized carbons (Fsp3) is 1.00. The average molecular weight is 160 g/mol. The SMILES string of the molecule is CCCCC(CC)SCC. The maximum absolute atomic E-state index is 2.29. The van der Waals surface area contributed by atoms with Crippen molar-refractivity contribution in [1.82, 2.24) is 0 Å². The predicted octanol–water partition coefficient (Wildman–Crippen LogP) is 3.71. The summed E-state index contributed by atoms with van der Waals surface area (Å²) in [6.07, 6.45) is 5.52. The van der Waals surface area contributed by atoms with Gasteiger partial charge in [0.05, 0.1) is 0 Å². The number of hydrogen-bond donors (Lipinski definition) is 0. The molecular weight excluding hydrogens is 140 g/mol. The van der Waals surface area contributed by atoms with Crippen LogP contribution in [0.5, 0.6) is 0 Å². The Morgan fingerprint density at radius 3 is 2.30 bits per heavy atom. The standard InChI is InChI=1S/C9H20S/c1-4-7-8-9(5-2)10-6-3/h9H,4-8H2,1-3H3. The van der Waals surface area contributed by atoms with E-state index in [1.54, 1.807) is 0 Å². The zero-order valence-electron chi connectivity index (χ0n) is 7.52. The molecule has 0 N–H and O–H groups in total. The fourth-order valence-electron chi connectivity index (χ4n) is 1.07. The second-order valence-electron chi connectivity index (χ2n) is 2.63. The maximum Gasteiger partial charge on any atom is 0.00443 e. The van der Waals surface area contributed by atoms with Crippen molar-refractivity contribution < 1.29 is 0 Å². The third-order valence-electron chi connectivity index (χ3n) is 1.74. The summed E-state index contributed by atoms with van der Waals surface area (Å²) < 4.78 is 0. The van der Waals surface area contributed by atoms with Gasteiger partial charge in [0.25, 0.3) is 0 Å². The normalized spacial score (nSPS) is 13.5. The summed E-state index contributed by atoms with van der Waals surface area (Å²) in [7, 11) is 0. The summed E-state index contributed by atoms with van der Waals surface area (Å²) in [5.41, 5.74) is 0. The third-order valence-corrected chi connectivity index (χ3v) is 3.11. The first kappa shape index (κ1) is 10.3. The van der Waals surface area contributed by atoms with Crippen LogP contribution in [0.1, 0.15) is 46.5 Å². The zero-order chi connectivity index (χ0) is 7.82. The average Bonchev–Trinajstić information content (AvgIpc) is 1.98. The van der Waals surface area contributed by atoms with Crippen molar-refractivity contribution in [2.45, 2.75) is 51.7 Å². The van der Waals surface area contributed by atoms with Crippen LogP contribution in [0.25, 0.3) is 0 Å². The van der Waals surface area contributed by atoms with Gasteiger partial charge in [0.1, 0.15) is 0 Å². The summed E-state index contributed by atoms with van der Waals surface area (Å²) in [5, 5.41) is 0.935. The van der Waals surface area contributed by atoms with E-state index in [9.17, 15) is 0 Å². The molecule has 62 valence electrons. The van der Waals surface area contributed by atoms with Crippen LogP contribution in [0.15, 0.2) is 0 Å². The van der Waals surface area contributed by atoms with Crippen LogP contribution in [-0.4, -0.2) is 11.0 Å². The molecule has 0 spiro atoms. The van der Waals surface area contributed by atoms with E-state index in [1.807, 2.05) is 0 Å². The molecule has 0 aliphatic heterocycles. The summed E-state index contributed by atoms with van der Waals surface area (Å²) >= 11 is 2.12. The number of unbranched alkanes of at least 4 members (excludes halogenated alkanes) is 1. The first-order valence-corrected chi connectivity index (χ1v) is 5.51. The molecule has 0 nitrogen and oxygen atoms in total. The van der Waals surface area contributed by atoms with Gasteiger partial charge in [-0.05, 0) is 18.6 Å². The van der Waals surface area contributed by atoms with E-state index >= 15 is 0 Å². The molecule has 0 rings (SSSR count). The van der Waals surface area contributed by atoms with Gasteiger partial charge >= 0.3 is 0 Å². The zero-order valence-corrected chi connectivity index (χ0v) is 8.34. The van der Waals surface area contributed by atoms with Crippen LogP contribution in [0.4, 0.5) is 0 Å². The summed E-state index contributed by atoms with van der Waals surface area (Å²) in [5.74, 6) is 1.28. The molecular formula is C9H20S. The van der Waals surface area contributed by atoms with Gasteiger partial charge in [0.2, 0.25) is 0 Å². The molecule has 10 heavy (non-hydrogen) atoms. The van der Waals surface area contributed by atoms with Gasteiger partial charge in [-0.3, -0.25) is 0 Å². The van der Waals surface area contributed by atoms with E-state index in [0.29, 0.717) is 0 Å². The van der Waals surface area contributed by atoms with Crippen LogP contribution in [-0.2, 0) is 0 Å². The Labute approximate surface area is 69.8 Å². The van der Waals surface area contributed by atoms with Crippen LogP contribution >= 0.6 is 11.8 Å². The smallest absolute Gasteiger partial charge is 0.00443 e. The second kappa shape index (κ2) is 7.46. The van der Waals surface area contributed by atoms with Crippen molar-refractivity contribution in [3.8, 4) is 0 Å². The van der Waals surface area contributed by atoms with Gasteiger partial charge in [-0.25, -0.2) is 0 Å². The Kier molecular flexibility index (Phi) is 7.72. The lowest BCUT2D eigenvalue weighted by Gasteiger charge is -2.11. The number of hydrogen-bond acceptors (Lipinski definition) is 1. The largest absolute Gasteiger partial charge is 0.159 e. The van der Waals surface area contributed by atoms with E-state index in [2.05, 4.69) is 32.5 Å². The summed E-state index contributed by atoms with van der Waals surface area (Å²) in [4.78, 5) is 0. The minimum absolute atomic E-state index is 0.935. The molecule has 0 fully saturated rings. The molecule has 1 unspecified atom stereocenters. The van der Waals surface area contributed by atoms with Crippen LogP contribution in [0, 0.1) is 0 Å². The molecule has 0 aliphatic rings. The van der Waals surface area contributed by atoms with Crippen LogP contribution < -0.4 is 0 Å². The Hall–Kier alpha value is 0.350. The molecule has 0 saturated carbocycles. The highest BCUT2D eigenvalue weighted by atomic mass is 32.2. The van der Waals surface area contributed by atoms with Crippen LogP contribution in [0.3, 0.4) is 0 Å². The van der Waals surface area contributed by atoms with Crippen molar-refractivity contribution in [3.63, 3.8) is 0 Å². The quantitative estimate of drug-likeness (QED) is 0.571. The molecule has 1 atom stereocenters. The summed E-state index contributed by atoms with van der Waals surface area (Å²) in [6, 6.07) is 0. The Morgan fingerprint density at radius 1 is 1.20 bits per heavy atom. The predicted molar refractivity (Wildman–Crippen MR) is 51.7 cm³/mol. The van der Waals surface area contributed by atoms with Crippen molar-refractivity contribution in [2.24, 2.45) is 0 Å². The highest BCUT2D eigenvalue weighted by molar-refractivity contribution is 7.99. The van der Waals surface area contributed by atoms with E-state index < -0.39 is 0 Å². The van der Waals surface area contributed by atoms with Gasteiger partial charge in [-0.2, -0.15) is 11.8 Å². The van der Waals surface area contributed by atoms with Crippen molar-refractivity contribution in [3.05, 3.63) is 0 Å². The van der Waals surface area contributed by atoms with Gasteiger partial charge in [0.15, 0.2) is 0 Å². The van der Waals surface area contributed by atoms with Crippen molar-refractivity contribution in [1.29, 1.82) is 0 Å². The lowest BCUT2D eigenvalue weighted by Crippen LogP contribution is -2.00. The third kappa shape index (κ3) is 5.16. The molecule has 0 radical (unpaired) electrons. The minimum atomic E-state index is 0.935. The van der Waals surface area contributed by atoms with Crippen LogP contribution in [0.2, 0.25) is 0 Å². The molecule has 0 heterocycles. The monoisotopic (exact) mass is 160 g/mol. The Bertz CT molecular complexity index is 61.7. The minimum Gasteiger partial charge on any atom is -0.159 e.